The van der Waals surface area contributed by atoms with Gasteiger partial charge in [-0.2, -0.15) is 0 Å². The maximum atomic E-state index is 11.6. The first-order valence-corrected chi connectivity index (χ1v) is 5.91. The molecule has 1 aromatic carbocycles. The van der Waals surface area contributed by atoms with Gasteiger partial charge in [0.15, 0.2) is 0 Å². The number of nitrogens with zero attached hydrogens (tertiary/aromatic N) is 1. The van der Waals surface area contributed by atoms with Crippen molar-refractivity contribution in [1.82, 2.24) is 9.97 Å². The van der Waals surface area contributed by atoms with E-state index >= 15 is 0 Å². The van der Waals surface area contributed by atoms with E-state index in [1.165, 1.54) is 0 Å². The Bertz CT molecular complexity index is 612. The molecule has 0 radical (unpaired) electrons. The summed E-state index contributed by atoms with van der Waals surface area (Å²) >= 11 is 0. The maximum absolute atomic E-state index is 11.6. The highest BCUT2D eigenvalue weighted by molar-refractivity contribution is 5.62. The van der Waals surface area contributed by atoms with Crippen LogP contribution >= 0.6 is 0 Å². The summed E-state index contributed by atoms with van der Waals surface area (Å²) in [7, 11) is 0. The summed E-state index contributed by atoms with van der Waals surface area (Å²) in [6.45, 7) is 2.04. The Morgan fingerprint density at radius 1 is 1.29 bits per heavy atom. The molecule has 1 aliphatic carbocycles. The Morgan fingerprint density at radius 2 is 2.06 bits per heavy atom. The maximum Gasteiger partial charge on any atom is 0.251 e. The fourth-order valence-electron chi connectivity index (χ4n) is 2.02. The Kier molecular flexibility index (Phi) is 2.32. The zero-order chi connectivity index (χ0) is 11.8. The van der Waals surface area contributed by atoms with E-state index in [9.17, 15) is 4.79 Å². The second-order valence-electron chi connectivity index (χ2n) is 4.61. The quantitative estimate of drug-likeness (QED) is 0.855. The van der Waals surface area contributed by atoms with Crippen molar-refractivity contribution in [3.63, 3.8) is 0 Å². The molecular formula is C14H14N2O. The molecule has 0 unspecified atom stereocenters. The molecule has 0 amide bonds. The minimum Gasteiger partial charge on any atom is -0.310 e. The summed E-state index contributed by atoms with van der Waals surface area (Å²) in [6.07, 6.45) is 2.28. The number of hydrogen-bond acceptors (Lipinski definition) is 2. The Hall–Kier alpha value is -1.90. The number of hydrogen-bond donors (Lipinski definition) is 1. The lowest BCUT2D eigenvalue weighted by Gasteiger charge is -2.06. The molecule has 0 atom stereocenters. The van der Waals surface area contributed by atoms with Crippen LogP contribution in [0.4, 0.5) is 0 Å². The van der Waals surface area contributed by atoms with E-state index in [2.05, 4.69) is 9.97 Å². The number of benzene rings is 1. The SMILES string of the molecule is Cc1ccccc1-c1cc(=O)[nH]c(C2CC2)n1. The van der Waals surface area contributed by atoms with E-state index in [1.807, 2.05) is 31.2 Å². The molecule has 1 fully saturated rings. The van der Waals surface area contributed by atoms with Crippen LogP contribution in [0.15, 0.2) is 35.1 Å². The molecule has 0 saturated heterocycles. The van der Waals surface area contributed by atoms with Gasteiger partial charge < -0.3 is 4.98 Å². The van der Waals surface area contributed by atoms with E-state index in [0.29, 0.717) is 5.92 Å². The highest BCUT2D eigenvalue weighted by Gasteiger charge is 2.26. The molecule has 0 spiro atoms. The number of H-pyrrole nitrogens is 1. The van der Waals surface area contributed by atoms with E-state index in [4.69, 9.17) is 0 Å². The Balaban J connectivity index is 2.14. The van der Waals surface area contributed by atoms with Crippen LogP contribution in [-0.2, 0) is 0 Å². The van der Waals surface area contributed by atoms with Crippen LogP contribution in [-0.4, -0.2) is 9.97 Å². The zero-order valence-electron chi connectivity index (χ0n) is 9.73. The molecule has 1 N–H and O–H groups in total. The van der Waals surface area contributed by atoms with Crippen molar-refractivity contribution in [2.45, 2.75) is 25.7 Å². The van der Waals surface area contributed by atoms with Gasteiger partial charge in [0, 0.05) is 17.5 Å². The second kappa shape index (κ2) is 3.84. The van der Waals surface area contributed by atoms with Crippen molar-refractivity contribution in [2.24, 2.45) is 0 Å². The van der Waals surface area contributed by atoms with Gasteiger partial charge in [0.2, 0.25) is 0 Å². The highest BCUT2D eigenvalue weighted by atomic mass is 16.1. The lowest BCUT2D eigenvalue weighted by Crippen LogP contribution is -2.10. The van der Waals surface area contributed by atoms with Crippen LogP contribution in [0.25, 0.3) is 11.3 Å². The van der Waals surface area contributed by atoms with E-state index < -0.39 is 0 Å². The number of aromatic nitrogens is 2. The van der Waals surface area contributed by atoms with Crippen molar-refractivity contribution < 1.29 is 0 Å². The van der Waals surface area contributed by atoms with Crippen LogP contribution in [0.2, 0.25) is 0 Å². The smallest absolute Gasteiger partial charge is 0.251 e. The molecule has 3 nitrogen and oxygen atoms in total. The molecule has 1 aromatic heterocycles. The summed E-state index contributed by atoms with van der Waals surface area (Å²) in [5, 5.41) is 0. The van der Waals surface area contributed by atoms with E-state index in [1.54, 1.807) is 6.07 Å². The molecule has 1 saturated carbocycles. The van der Waals surface area contributed by atoms with Crippen LogP contribution in [0.1, 0.15) is 30.1 Å². The van der Waals surface area contributed by atoms with Gasteiger partial charge in [0.05, 0.1) is 5.69 Å². The first-order chi connectivity index (χ1) is 8.24. The van der Waals surface area contributed by atoms with Crippen LogP contribution < -0.4 is 5.56 Å². The summed E-state index contributed by atoms with van der Waals surface area (Å²) in [5.41, 5.74) is 2.92. The standard InChI is InChI=1S/C14H14N2O/c1-9-4-2-3-5-11(9)12-8-13(17)16-14(15-12)10-6-7-10/h2-5,8,10H,6-7H2,1H3,(H,15,16,17). The minimum atomic E-state index is -0.0554. The van der Waals surface area contributed by atoms with Gasteiger partial charge in [-0.3, -0.25) is 4.79 Å². The average molecular weight is 226 g/mol. The van der Waals surface area contributed by atoms with Crippen molar-refractivity contribution >= 4 is 0 Å². The number of rotatable bonds is 2. The molecule has 86 valence electrons. The molecular weight excluding hydrogens is 212 g/mol. The Labute approximate surface area is 99.5 Å². The largest absolute Gasteiger partial charge is 0.310 e. The third kappa shape index (κ3) is 2.00. The lowest BCUT2D eigenvalue weighted by molar-refractivity contribution is 0.912. The third-order valence-electron chi connectivity index (χ3n) is 3.15. The lowest BCUT2D eigenvalue weighted by atomic mass is 10.1. The predicted octanol–water partition coefficient (Wildman–Crippen LogP) is 2.62. The first kappa shape index (κ1) is 10.3. The van der Waals surface area contributed by atoms with Crippen molar-refractivity contribution in [1.29, 1.82) is 0 Å². The van der Waals surface area contributed by atoms with Crippen LogP contribution in [0.5, 0.6) is 0 Å². The van der Waals surface area contributed by atoms with Crippen molar-refractivity contribution in [3.05, 3.63) is 52.1 Å². The van der Waals surface area contributed by atoms with Crippen molar-refractivity contribution in [3.8, 4) is 11.3 Å². The topological polar surface area (TPSA) is 45.8 Å². The number of nitrogens with one attached hydrogen (secondary N) is 1. The molecule has 0 bridgehead atoms. The fraction of sp³-hybridized carbons (Fsp3) is 0.286. The molecule has 0 aliphatic heterocycles. The predicted molar refractivity (Wildman–Crippen MR) is 67.0 cm³/mol. The van der Waals surface area contributed by atoms with Gasteiger partial charge in [-0.15, -0.1) is 0 Å². The zero-order valence-corrected chi connectivity index (χ0v) is 9.73. The first-order valence-electron chi connectivity index (χ1n) is 5.91. The van der Waals surface area contributed by atoms with Crippen LogP contribution in [0.3, 0.4) is 0 Å². The van der Waals surface area contributed by atoms with Gasteiger partial charge in [-0.1, -0.05) is 24.3 Å². The third-order valence-corrected chi connectivity index (χ3v) is 3.15. The number of aromatic amines is 1. The Morgan fingerprint density at radius 3 is 2.76 bits per heavy atom. The van der Waals surface area contributed by atoms with Gasteiger partial charge in [0.1, 0.15) is 5.82 Å². The van der Waals surface area contributed by atoms with Crippen molar-refractivity contribution in [2.75, 3.05) is 0 Å². The van der Waals surface area contributed by atoms with E-state index in [-0.39, 0.29) is 5.56 Å². The summed E-state index contributed by atoms with van der Waals surface area (Å²) in [5.74, 6) is 1.31. The number of aryl methyl sites for hydroxylation is 1. The van der Waals surface area contributed by atoms with Gasteiger partial charge in [-0.25, -0.2) is 4.98 Å². The minimum absolute atomic E-state index is 0.0554. The highest BCUT2D eigenvalue weighted by Crippen LogP contribution is 2.38. The van der Waals surface area contributed by atoms with Gasteiger partial charge >= 0.3 is 0 Å². The normalized spacial score (nSPS) is 14.9. The summed E-state index contributed by atoms with van der Waals surface area (Å²) < 4.78 is 0. The molecule has 1 heterocycles. The molecule has 3 heteroatoms. The molecule has 17 heavy (non-hydrogen) atoms. The van der Waals surface area contributed by atoms with Crippen LogP contribution in [0, 0.1) is 6.92 Å². The summed E-state index contributed by atoms with van der Waals surface area (Å²) in [4.78, 5) is 19.0. The second-order valence-corrected chi connectivity index (χ2v) is 4.61. The molecule has 3 rings (SSSR count). The summed E-state index contributed by atoms with van der Waals surface area (Å²) in [6, 6.07) is 9.59. The molecule has 1 aliphatic rings. The van der Waals surface area contributed by atoms with Gasteiger partial charge in [-0.05, 0) is 25.3 Å². The fourth-order valence-corrected chi connectivity index (χ4v) is 2.02. The van der Waals surface area contributed by atoms with Gasteiger partial charge in [0.25, 0.3) is 5.56 Å². The molecule has 2 aromatic rings. The monoisotopic (exact) mass is 226 g/mol. The average Bonchev–Trinajstić information content (AvgIpc) is 3.12. The van der Waals surface area contributed by atoms with E-state index in [0.717, 1.165) is 35.5 Å².